The van der Waals surface area contributed by atoms with Crippen LogP contribution in [-0.4, -0.2) is 104 Å². The highest BCUT2D eigenvalue weighted by molar-refractivity contribution is 6.14. The minimum atomic E-state index is -0.316. The first-order chi connectivity index (χ1) is 24.1. The average Bonchev–Trinajstić information content (AvgIpc) is 3.62. The monoisotopic (exact) mass is 676 g/mol. The quantitative estimate of drug-likeness (QED) is 0.117. The molecule has 2 aromatic carbocycles. The number of nitrogens with one attached hydrogen (secondary N) is 4. The number of hydrogen-bond donors (Lipinski definition) is 5. The summed E-state index contributed by atoms with van der Waals surface area (Å²) < 4.78 is 0. The lowest BCUT2D eigenvalue weighted by molar-refractivity contribution is -0.132. The number of carbonyl (C=O) groups excluding carboxylic acids is 3. The van der Waals surface area contributed by atoms with Gasteiger partial charge in [-0.3, -0.25) is 35.1 Å². The fourth-order valence-electron chi connectivity index (χ4n) is 6.25. The number of aromatic nitrogens is 1. The maximum Gasteiger partial charge on any atom is 0.269 e. The van der Waals surface area contributed by atoms with Crippen LogP contribution in [0.1, 0.15) is 52.5 Å². The van der Waals surface area contributed by atoms with Crippen LogP contribution in [0.3, 0.4) is 0 Å². The molecule has 6 N–H and O–H groups in total. The van der Waals surface area contributed by atoms with Crippen LogP contribution in [0.4, 0.5) is 11.4 Å². The summed E-state index contributed by atoms with van der Waals surface area (Å²) in [6, 6.07) is 16.2. The fraction of sp³-hybridized carbons (Fsp3) is 0.324. The van der Waals surface area contributed by atoms with Crippen molar-refractivity contribution in [2.24, 2.45) is 10.9 Å². The summed E-state index contributed by atoms with van der Waals surface area (Å²) in [4.78, 5) is 52.8. The van der Waals surface area contributed by atoms with Crippen molar-refractivity contribution in [2.45, 2.75) is 19.8 Å². The number of hydrogen-bond acceptors (Lipinski definition) is 8. The van der Waals surface area contributed by atoms with Crippen molar-refractivity contribution < 1.29 is 14.4 Å². The number of aliphatic imine (C=N–C) groups is 1. The number of nitrogens with two attached hydrogens (primary N) is 1. The van der Waals surface area contributed by atoms with E-state index in [1.165, 1.54) is 25.2 Å². The normalized spacial score (nSPS) is 16.2. The van der Waals surface area contributed by atoms with E-state index in [1.807, 2.05) is 36.1 Å². The largest absolute Gasteiger partial charge is 0.398 e. The van der Waals surface area contributed by atoms with Gasteiger partial charge >= 0.3 is 0 Å². The van der Waals surface area contributed by atoms with Crippen LogP contribution >= 0.6 is 0 Å². The van der Waals surface area contributed by atoms with E-state index >= 15 is 0 Å². The van der Waals surface area contributed by atoms with E-state index in [0.717, 1.165) is 17.5 Å². The van der Waals surface area contributed by atoms with Gasteiger partial charge in [0.15, 0.2) is 5.84 Å². The zero-order valence-electron chi connectivity index (χ0n) is 28.7. The first-order valence-electron chi connectivity index (χ1n) is 16.7. The smallest absolute Gasteiger partial charge is 0.269 e. The number of anilines is 2. The Kier molecular flexibility index (Phi) is 11.5. The lowest BCUT2D eigenvalue weighted by atomic mass is 9.98. The lowest BCUT2D eigenvalue weighted by Gasteiger charge is -2.29. The minimum absolute atomic E-state index is 0.0261. The molecule has 1 aromatic heterocycles. The van der Waals surface area contributed by atoms with E-state index in [4.69, 9.17) is 16.6 Å². The summed E-state index contributed by atoms with van der Waals surface area (Å²) in [5.74, 6) is -0.366. The summed E-state index contributed by atoms with van der Waals surface area (Å²) in [6.45, 7) is 4.92. The van der Waals surface area contributed by atoms with E-state index in [2.05, 4.69) is 31.6 Å². The molecule has 5 rings (SSSR count). The number of pyridine rings is 1. The second-order valence-electron chi connectivity index (χ2n) is 12.3. The van der Waals surface area contributed by atoms with Gasteiger partial charge < -0.3 is 26.2 Å². The molecule has 0 saturated carbocycles. The molecule has 1 atom stereocenters. The minimum Gasteiger partial charge on any atom is -0.398 e. The molecule has 3 heterocycles. The molecular formula is C37H44N10O3. The number of likely N-dealkylation sites (tertiary alicyclic amines) is 1. The topological polar surface area (TPSA) is 184 Å². The van der Waals surface area contributed by atoms with Crippen LogP contribution in [0.15, 0.2) is 71.9 Å². The Labute approximate surface area is 292 Å². The molecule has 1 fully saturated rings. The highest BCUT2D eigenvalue weighted by atomic mass is 16.2. The summed E-state index contributed by atoms with van der Waals surface area (Å²) in [6.07, 6.45) is 6.43. The van der Waals surface area contributed by atoms with Crippen molar-refractivity contribution in [3.05, 3.63) is 94.8 Å². The Bertz CT molecular complexity index is 1820. The Morgan fingerprint density at radius 1 is 1.06 bits per heavy atom. The molecule has 0 radical (unpaired) electrons. The fourth-order valence-corrected chi connectivity index (χ4v) is 6.25. The zero-order valence-corrected chi connectivity index (χ0v) is 28.7. The summed E-state index contributed by atoms with van der Waals surface area (Å²) in [7, 11) is 3.26. The summed E-state index contributed by atoms with van der Waals surface area (Å²) >= 11 is 0. The third-order valence-electron chi connectivity index (χ3n) is 9.11. The Morgan fingerprint density at radius 2 is 1.82 bits per heavy atom. The molecule has 13 nitrogen and oxygen atoms in total. The van der Waals surface area contributed by atoms with E-state index < -0.39 is 0 Å². The third kappa shape index (κ3) is 8.12. The van der Waals surface area contributed by atoms with Crippen molar-refractivity contribution in [1.29, 1.82) is 10.8 Å². The SMILES string of the molecule is CCN(C(=O)[C@@H]1CCN(CC(=O)N2CC=C(c3ccc(C(=N)/N=C\NC)cc3)CC2)C1)c1ccc(N)c(C(=N)c2ccc(C(=O)NC)nc2)c1. The molecule has 2 aliphatic rings. The molecule has 3 amide bonds. The maximum atomic E-state index is 13.8. The molecule has 2 aliphatic heterocycles. The van der Waals surface area contributed by atoms with E-state index in [9.17, 15) is 14.4 Å². The summed E-state index contributed by atoms with van der Waals surface area (Å²) in [5, 5.41) is 22.2. The Hall–Kier alpha value is -5.69. The molecule has 13 heteroatoms. The van der Waals surface area contributed by atoms with Crippen LogP contribution in [0.25, 0.3) is 5.57 Å². The molecule has 0 aliphatic carbocycles. The van der Waals surface area contributed by atoms with E-state index in [0.29, 0.717) is 61.6 Å². The number of carbonyl (C=O) groups is 3. The highest BCUT2D eigenvalue weighted by Gasteiger charge is 2.33. The van der Waals surface area contributed by atoms with Crippen molar-refractivity contribution in [3.8, 4) is 0 Å². The zero-order chi connectivity index (χ0) is 35.8. The molecule has 0 bridgehead atoms. The van der Waals surface area contributed by atoms with Gasteiger partial charge in [-0.1, -0.05) is 30.3 Å². The van der Waals surface area contributed by atoms with Crippen LogP contribution in [0, 0.1) is 16.7 Å². The number of nitrogen functional groups attached to an aromatic ring is 1. The van der Waals surface area contributed by atoms with Gasteiger partial charge in [0.2, 0.25) is 11.8 Å². The standard InChI is InChI=1S/C37H44N10O3/c1-4-47(29-10-11-31(38)30(19-29)34(39)27-9-12-32(43-20-27)36(49)42-3)37(50)28-13-16-45(21-28)22-33(48)46-17-14-25(15-18-46)24-5-7-26(8-6-24)35(40)44-23-41-2/h5-12,14,19-20,23,28,39H,4,13,15-18,21-22,38H2,1-3H3,(H,42,49)(H2,40,41,44)/t28-/m1/s1. The van der Waals surface area contributed by atoms with Gasteiger partial charge in [0.05, 0.1) is 24.5 Å². The molecule has 260 valence electrons. The van der Waals surface area contributed by atoms with Crippen LogP contribution < -0.4 is 21.3 Å². The first kappa shape index (κ1) is 35.6. The predicted molar refractivity (Wildman–Crippen MR) is 197 cm³/mol. The van der Waals surface area contributed by atoms with Gasteiger partial charge in [-0.25, -0.2) is 4.99 Å². The van der Waals surface area contributed by atoms with Gasteiger partial charge in [-0.15, -0.1) is 0 Å². The Balaban J connectivity index is 1.17. The molecule has 0 unspecified atom stereocenters. The van der Waals surface area contributed by atoms with Gasteiger partial charge in [0, 0.05) is 74.5 Å². The molecule has 50 heavy (non-hydrogen) atoms. The highest BCUT2D eigenvalue weighted by Crippen LogP contribution is 2.28. The van der Waals surface area contributed by atoms with Crippen molar-refractivity contribution >= 4 is 52.6 Å². The summed E-state index contributed by atoms with van der Waals surface area (Å²) in [5.41, 5.74) is 11.6. The van der Waals surface area contributed by atoms with Gasteiger partial charge in [-0.2, -0.15) is 0 Å². The number of nitrogens with zero attached hydrogens (tertiary/aromatic N) is 5. The van der Waals surface area contributed by atoms with Crippen LogP contribution in [0.5, 0.6) is 0 Å². The lowest BCUT2D eigenvalue weighted by Crippen LogP contribution is -2.42. The molecular weight excluding hydrogens is 632 g/mol. The number of amides is 3. The molecule has 3 aromatic rings. The van der Waals surface area contributed by atoms with Crippen LogP contribution in [-0.2, 0) is 9.59 Å². The van der Waals surface area contributed by atoms with E-state index in [-0.39, 0.29) is 47.4 Å². The van der Waals surface area contributed by atoms with Gasteiger partial charge in [0.1, 0.15) is 5.69 Å². The Morgan fingerprint density at radius 3 is 2.46 bits per heavy atom. The predicted octanol–water partition coefficient (Wildman–Crippen LogP) is 3.00. The first-order valence-corrected chi connectivity index (χ1v) is 16.7. The molecule has 0 spiro atoms. The van der Waals surface area contributed by atoms with E-state index in [1.54, 1.807) is 42.3 Å². The maximum absolute atomic E-state index is 13.8. The second-order valence-corrected chi connectivity index (χ2v) is 12.3. The molecule has 1 saturated heterocycles. The van der Waals surface area contributed by atoms with Crippen LogP contribution in [0.2, 0.25) is 0 Å². The van der Waals surface area contributed by atoms with Gasteiger partial charge in [-0.05, 0) is 67.8 Å². The van der Waals surface area contributed by atoms with Gasteiger partial charge in [0.25, 0.3) is 5.91 Å². The van der Waals surface area contributed by atoms with Crippen molar-refractivity contribution in [1.82, 2.24) is 25.4 Å². The second kappa shape index (κ2) is 16.1. The number of amidine groups is 1. The number of benzene rings is 2. The average molecular weight is 677 g/mol. The van der Waals surface area contributed by atoms with Crippen molar-refractivity contribution in [2.75, 3.05) is 64.0 Å². The van der Waals surface area contributed by atoms with Crippen molar-refractivity contribution in [3.63, 3.8) is 0 Å². The third-order valence-corrected chi connectivity index (χ3v) is 9.11. The number of rotatable bonds is 11.